The van der Waals surface area contributed by atoms with Gasteiger partial charge in [0.2, 0.25) is 0 Å². The summed E-state index contributed by atoms with van der Waals surface area (Å²) in [7, 11) is 3.36. The van der Waals surface area contributed by atoms with Crippen LogP contribution < -0.4 is 14.8 Å². The van der Waals surface area contributed by atoms with E-state index in [0.717, 1.165) is 68.5 Å². The van der Waals surface area contributed by atoms with Gasteiger partial charge < -0.3 is 19.7 Å². The summed E-state index contributed by atoms with van der Waals surface area (Å²) >= 11 is 0. The molecule has 0 spiro atoms. The summed E-state index contributed by atoms with van der Waals surface area (Å²) in [4.78, 5) is 16.8. The largest absolute Gasteiger partial charge is 0.497 e. The lowest BCUT2D eigenvalue weighted by Crippen LogP contribution is -2.52. The first-order chi connectivity index (χ1) is 13.4. The molecule has 1 aliphatic rings. The molecule has 1 aliphatic heterocycles. The zero-order chi connectivity index (χ0) is 20.5. The van der Waals surface area contributed by atoms with Crippen molar-refractivity contribution >= 4 is 6.03 Å². The predicted octanol–water partition coefficient (Wildman–Crippen LogP) is 3.75. The third-order valence-corrected chi connectivity index (χ3v) is 5.33. The summed E-state index contributed by atoms with van der Waals surface area (Å²) in [5.41, 5.74) is 1.11. The van der Waals surface area contributed by atoms with Crippen molar-refractivity contribution in [2.75, 3.05) is 40.4 Å². The van der Waals surface area contributed by atoms with E-state index >= 15 is 0 Å². The van der Waals surface area contributed by atoms with Gasteiger partial charge in [-0.1, -0.05) is 26.7 Å². The van der Waals surface area contributed by atoms with Crippen LogP contribution in [0.15, 0.2) is 18.2 Å². The smallest absolute Gasteiger partial charge is 0.317 e. The van der Waals surface area contributed by atoms with E-state index in [1.807, 2.05) is 23.1 Å². The van der Waals surface area contributed by atoms with Gasteiger partial charge in [-0.15, -0.1) is 0 Å². The minimum Gasteiger partial charge on any atom is -0.497 e. The van der Waals surface area contributed by atoms with Crippen LogP contribution in [0.1, 0.15) is 45.6 Å². The summed E-state index contributed by atoms with van der Waals surface area (Å²) in [6, 6.07) is 6.17. The predicted molar refractivity (Wildman–Crippen MR) is 113 cm³/mol. The monoisotopic (exact) mass is 391 g/mol. The summed E-state index contributed by atoms with van der Waals surface area (Å²) < 4.78 is 10.8. The van der Waals surface area contributed by atoms with Crippen LogP contribution in [0.3, 0.4) is 0 Å². The van der Waals surface area contributed by atoms with E-state index in [2.05, 4.69) is 31.0 Å². The lowest BCUT2D eigenvalue weighted by Gasteiger charge is -2.35. The number of urea groups is 1. The number of nitrogens with one attached hydrogen (secondary N) is 1. The molecule has 0 radical (unpaired) electrons. The van der Waals surface area contributed by atoms with Gasteiger partial charge in [0.05, 0.1) is 14.2 Å². The quantitative estimate of drug-likeness (QED) is 0.697. The molecule has 158 valence electrons. The molecular formula is C22H37N3O3. The van der Waals surface area contributed by atoms with E-state index in [1.165, 1.54) is 6.42 Å². The highest BCUT2D eigenvalue weighted by atomic mass is 16.5. The summed E-state index contributed by atoms with van der Waals surface area (Å²) in [6.45, 7) is 10.6. The van der Waals surface area contributed by atoms with Crippen molar-refractivity contribution < 1.29 is 14.3 Å². The molecule has 0 bridgehead atoms. The molecule has 0 aliphatic carbocycles. The highest BCUT2D eigenvalue weighted by Gasteiger charge is 2.22. The maximum atomic E-state index is 12.5. The Bertz CT molecular complexity index is 613. The van der Waals surface area contributed by atoms with Crippen LogP contribution in [-0.2, 0) is 6.54 Å². The average Bonchev–Trinajstić information content (AvgIpc) is 2.68. The van der Waals surface area contributed by atoms with Crippen molar-refractivity contribution in [3.8, 4) is 11.5 Å². The van der Waals surface area contributed by atoms with Gasteiger partial charge in [-0.2, -0.15) is 0 Å². The number of rotatable bonds is 9. The molecule has 1 heterocycles. The second-order valence-electron chi connectivity index (χ2n) is 8.12. The lowest BCUT2D eigenvalue weighted by molar-refractivity contribution is 0.132. The van der Waals surface area contributed by atoms with Crippen LogP contribution >= 0.6 is 0 Å². The number of carbonyl (C=O) groups excluding carboxylic acids is 1. The summed E-state index contributed by atoms with van der Waals surface area (Å²) in [5, 5.41) is 3.15. The molecule has 6 nitrogen and oxygen atoms in total. The first kappa shape index (κ1) is 22.3. The van der Waals surface area contributed by atoms with Gasteiger partial charge in [0.15, 0.2) is 0 Å². The van der Waals surface area contributed by atoms with Crippen LogP contribution in [0.4, 0.5) is 4.79 Å². The van der Waals surface area contributed by atoms with Crippen molar-refractivity contribution in [2.45, 2.75) is 52.6 Å². The number of amides is 2. The minimum absolute atomic E-state index is 0.0654. The zero-order valence-electron chi connectivity index (χ0n) is 18.2. The molecule has 1 aromatic carbocycles. The molecule has 1 saturated heterocycles. The van der Waals surface area contributed by atoms with Gasteiger partial charge in [0.1, 0.15) is 11.5 Å². The molecule has 1 N–H and O–H groups in total. The topological polar surface area (TPSA) is 54.0 Å². The lowest BCUT2D eigenvalue weighted by atomic mass is 10.0. The molecule has 0 saturated carbocycles. The molecule has 0 aromatic heterocycles. The summed E-state index contributed by atoms with van der Waals surface area (Å²) in [6.07, 6.45) is 3.42. The highest BCUT2D eigenvalue weighted by Crippen LogP contribution is 2.25. The van der Waals surface area contributed by atoms with Gasteiger partial charge in [-0.05, 0) is 37.5 Å². The minimum atomic E-state index is 0.0654. The number of benzene rings is 1. The molecule has 1 atom stereocenters. The zero-order valence-corrected chi connectivity index (χ0v) is 18.2. The van der Waals surface area contributed by atoms with Crippen molar-refractivity contribution in [2.24, 2.45) is 5.92 Å². The Morgan fingerprint density at radius 1 is 1.07 bits per heavy atom. The Kier molecular flexibility index (Phi) is 8.90. The van der Waals surface area contributed by atoms with E-state index in [-0.39, 0.29) is 12.1 Å². The van der Waals surface area contributed by atoms with Gasteiger partial charge in [0, 0.05) is 44.3 Å². The molecule has 2 amide bonds. The van der Waals surface area contributed by atoms with Gasteiger partial charge in [-0.3, -0.25) is 4.90 Å². The number of nitrogens with zero attached hydrogens (tertiary/aromatic N) is 2. The number of methoxy groups -OCH3 is 2. The Labute approximate surface area is 170 Å². The third kappa shape index (κ3) is 6.89. The Morgan fingerprint density at radius 2 is 1.79 bits per heavy atom. The van der Waals surface area contributed by atoms with E-state index in [1.54, 1.807) is 14.2 Å². The molecule has 2 rings (SSSR count). The molecule has 1 fully saturated rings. The molecule has 6 heteroatoms. The van der Waals surface area contributed by atoms with Crippen LogP contribution in [0, 0.1) is 5.92 Å². The van der Waals surface area contributed by atoms with Crippen LogP contribution in [0.5, 0.6) is 11.5 Å². The maximum absolute atomic E-state index is 12.5. The Morgan fingerprint density at radius 3 is 2.39 bits per heavy atom. The van der Waals surface area contributed by atoms with Crippen molar-refractivity contribution in [1.82, 2.24) is 15.1 Å². The normalized spacial score (nSPS) is 16.1. The molecular weight excluding hydrogens is 354 g/mol. The maximum Gasteiger partial charge on any atom is 0.317 e. The number of hydrogen-bond acceptors (Lipinski definition) is 4. The number of hydrogen-bond donors (Lipinski definition) is 1. The van der Waals surface area contributed by atoms with Gasteiger partial charge >= 0.3 is 6.03 Å². The number of piperazine rings is 1. The number of ether oxygens (including phenoxy) is 2. The first-order valence-corrected chi connectivity index (χ1v) is 10.4. The Hall–Kier alpha value is -1.95. The number of carbonyl (C=O) groups is 1. The van der Waals surface area contributed by atoms with E-state index in [4.69, 9.17) is 9.47 Å². The van der Waals surface area contributed by atoms with Gasteiger partial charge in [0.25, 0.3) is 0 Å². The van der Waals surface area contributed by atoms with E-state index in [9.17, 15) is 4.79 Å². The van der Waals surface area contributed by atoms with Crippen molar-refractivity contribution in [1.29, 1.82) is 0 Å². The Balaban J connectivity index is 1.78. The second-order valence-corrected chi connectivity index (χ2v) is 8.12. The SMILES string of the molecule is COc1ccc(OC)c(CN2CCN(C(=O)NC(C)CCCC(C)C)CC2)c1. The van der Waals surface area contributed by atoms with E-state index in [0.29, 0.717) is 0 Å². The average molecular weight is 392 g/mol. The fourth-order valence-corrected chi connectivity index (χ4v) is 3.56. The van der Waals surface area contributed by atoms with Crippen LogP contribution in [-0.4, -0.2) is 62.3 Å². The highest BCUT2D eigenvalue weighted by molar-refractivity contribution is 5.74. The molecule has 1 aromatic rings. The molecule has 1 unspecified atom stereocenters. The van der Waals surface area contributed by atoms with Crippen LogP contribution in [0.25, 0.3) is 0 Å². The van der Waals surface area contributed by atoms with Crippen molar-refractivity contribution in [3.63, 3.8) is 0 Å². The van der Waals surface area contributed by atoms with Crippen molar-refractivity contribution in [3.05, 3.63) is 23.8 Å². The third-order valence-electron chi connectivity index (χ3n) is 5.33. The fraction of sp³-hybridized carbons (Fsp3) is 0.682. The first-order valence-electron chi connectivity index (χ1n) is 10.4. The summed E-state index contributed by atoms with van der Waals surface area (Å²) in [5.74, 6) is 2.43. The van der Waals surface area contributed by atoms with Crippen LogP contribution in [0.2, 0.25) is 0 Å². The standard InChI is InChI=1S/C22H37N3O3/c1-17(2)7-6-8-18(3)23-22(26)25-13-11-24(12-14-25)16-19-15-20(27-4)9-10-21(19)28-5/h9-10,15,17-18H,6-8,11-14,16H2,1-5H3,(H,23,26). The molecule has 28 heavy (non-hydrogen) atoms. The van der Waals surface area contributed by atoms with E-state index < -0.39 is 0 Å². The fourth-order valence-electron chi connectivity index (χ4n) is 3.56. The van der Waals surface area contributed by atoms with Gasteiger partial charge in [-0.25, -0.2) is 4.79 Å². The second kappa shape index (κ2) is 11.1.